The molecule has 0 bridgehead atoms. The van der Waals surface area contributed by atoms with Gasteiger partial charge in [0.25, 0.3) is 11.8 Å². The van der Waals surface area contributed by atoms with Crippen LogP contribution in [0.1, 0.15) is 24.7 Å². The molecule has 2 heterocycles. The van der Waals surface area contributed by atoms with E-state index in [1.165, 1.54) is 0 Å². The lowest BCUT2D eigenvalue weighted by Crippen LogP contribution is -3.09. The number of furan rings is 1. The summed E-state index contributed by atoms with van der Waals surface area (Å²) in [7, 11) is 1.83. The van der Waals surface area contributed by atoms with Crippen LogP contribution in [0.15, 0.2) is 53.1 Å². The fourth-order valence-electron chi connectivity index (χ4n) is 3.25. The van der Waals surface area contributed by atoms with Crippen molar-refractivity contribution in [3.8, 4) is 0 Å². The number of rotatable bonds is 7. The molecule has 1 unspecified atom stereocenters. The Morgan fingerprint density at radius 1 is 1.22 bits per heavy atom. The third kappa shape index (κ3) is 3.70. The van der Waals surface area contributed by atoms with Gasteiger partial charge in [-0.2, -0.15) is 5.01 Å². The molecule has 1 saturated heterocycles. The zero-order valence-corrected chi connectivity index (χ0v) is 15.3. The Balaban J connectivity index is 1.67. The highest BCUT2D eigenvalue weighted by molar-refractivity contribution is 6.08. The van der Waals surface area contributed by atoms with Gasteiger partial charge in [0.15, 0.2) is 12.3 Å². The molecule has 8 heteroatoms. The van der Waals surface area contributed by atoms with Gasteiger partial charge in [-0.15, -0.1) is 0 Å². The fraction of sp³-hybridized carbons (Fsp3) is 0.316. The van der Waals surface area contributed by atoms with Gasteiger partial charge in [0.2, 0.25) is 0 Å². The summed E-state index contributed by atoms with van der Waals surface area (Å²) in [5.41, 5.74) is 1.94. The average molecular weight is 371 g/mol. The van der Waals surface area contributed by atoms with E-state index in [9.17, 15) is 14.4 Å². The summed E-state index contributed by atoms with van der Waals surface area (Å²) >= 11 is 0. The van der Waals surface area contributed by atoms with Crippen LogP contribution in [0.25, 0.3) is 0 Å². The van der Waals surface area contributed by atoms with Gasteiger partial charge in [0, 0.05) is 0 Å². The SMILES string of the molecule is CC[C@@]1(c2ccccc2)NC(=O)N(NC(=O)C[NH+](C)Cc2ccco2)C1=O. The molecule has 1 aliphatic heterocycles. The van der Waals surface area contributed by atoms with Gasteiger partial charge >= 0.3 is 6.03 Å². The van der Waals surface area contributed by atoms with Gasteiger partial charge in [-0.3, -0.25) is 15.0 Å². The number of carbonyl (C=O) groups excluding carboxylic acids is 3. The normalized spacial score (nSPS) is 20.4. The number of likely N-dealkylation sites (N-methyl/N-ethyl adjacent to an activating group) is 1. The summed E-state index contributed by atoms with van der Waals surface area (Å²) in [4.78, 5) is 38.5. The van der Waals surface area contributed by atoms with Crippen molar-refractivity contribution in [2.24, 2.45) is 0 Å². The van der Waals surface area contributed by atoms with Crippen molar-refractivity contribution in [1.82, 2.24) is 15.8 Å². The van der Waals surface area contributed by atoms with E-state index < -0.39 is 23.4 Å². The second-order valence-electron chi connectivity index (χ2n) is 6.62. The van der Waals surface area contributed by atoms with E-state index in [4.69, 9.17) is 4.42 Å². The molecule has 1 aromatic carbocycles. The second kappa shape index (κ2) is 7.63. The van der Waals surface area contributed by atoms with Crippen molar-refractivity contribution in [2.45, 2.75) is 25.4 Å². The minimum atomic E-state index is -1.17. The van der Waals surface area contributed by atoms with Crippen LogP contribution in [0.3, 0.4) is 0 Å². The molecule has 1 aromatic heterocycles. The highest BCUT2D eigenvalue weighted by Crippen LogP contribution is 2.31. The van der Waals surface area contributed by atoms with E-state index in [1.807, 2.05) is 26.1 Å². The lowest BCUT2D eigenvalue weighted by molar-refractivity contribution is -0.886. The van der Waals surface area contributed by atoms with E-state index in [1.54, 1.807) is 36.6 Å². The van der Waals surface area contributed by atoms with Crippen molar-refractivity contribution in [3.63, 3.8) is 0 Å². The number of carbonyl (C=O) groups is 3. The number of urea groups is 1. The van der Waals surface area contributed by atoms with Crippen LogP contribution in [0, 0.1) is 0 Å². The van der Waals surface area contributed by atoms with E-state index in [2.05, 4.69) is 10.7 Å². The minimum absolute atomic E-state index is 0.0855. The molecular formula is C19H23N4O4+. The molecule has 27 heavy (non-hydrogen) atoms. The number of imide groups is 1. The zero-order chi connectivity index (χ0) is 19.4. The summed E-state index contributed by atoms with van der Waals surface area (Å²) in [5.74, 6) is -0.162. The molecule has 1 fully saturated rings. The Morgan fingerprint density at radius 3 is 2.59 bits per heavy atom. The van der Waals surface area contributed by atoms with Crippen LogP contribution in [0.5, 0.6) is 0 Å². The van der Waals surface area contributed by atoms with Gasteiger partial charge in [0.05, 0.1) is 13.3 Å². The Morgan fingerprint density at radius 2 is 1.96 bits per heavy atom. The molecule has 3 N–H and O–H groups in total. The minimum Gasteiger partial charge on any atom is -0.463 e. The van der Waals surface area contributed by atoms with Crippen LogP contribution in [-0.2, 0) is 21.7 Å². The van der Waals surface area contributed by atoms with Crippen molar-refractivity contribution >= 4 is 17.8 Å². The van der Waals surface area contributed by atoms with Crippen molar-refractivity contribution in [2.75, 3.05) is 13.6 Å². The van der Waals surface area contributed by atoms with E-state index in [0.717, 1.165) is 15.7 Å². The molecule has 2 aromatic rings. The van der Waals surface area contributed by atoms with Gasteiger partial charge in [-0.25, -0.2) is 4.79 Å². The Hall–Kier alpha value is -3.13. The first-order valence-electron chi connectivity index (χ1n) is 8.81. The zero-order valence-electron chi connectivity index (χ0n) is 15.3. The standard InChI is InChI=1S/C19H22N4O4/c1-3-19(14-8-5-4-6-9-14)17(25)23(18(26)20-19)21-16(24)13-22(2)12-15-10-7-11-27-15/h4-11H,3,12-13H2,1-2H3,(H,20,26)(H,21,24)/p+1/t19-/m0/s1. The highest BCUT2D eigenvalue weighted by Gasteiger charge is 2.52. The van der Waals surface area contributed by atoms with Crippen LogP contribution in [0.2, 0.25) is 0 Å². The first-order valence-corrected chi connectivity index (χ1v) is 8.81. The van der Waals surface area contributed by atoms with E-state index >= 15 is 0 Å². The number of hydrazine groups is 1. The van der Waals surface area contributed by atoms with Crippen LogP contribution < -0.4 is 15.6 Å². The fourth-order valence-corrected chi connectivity index (χ4v) is 3.25. The molecule has 2 atom stereocenters. The van der Waals surface area contributed by atoms with Crippen LogP contribution in [0.4, 0.5) is 4.79 Å². The molecule has 1 aliphatic rings. The van der Waals surface area contributed by atoms with Gasteiger partial charge in [0.1, 0.15) is 12.1 Å². The first kappa shape index (κ1) is 18.7. The average Bonchev–Trinajstić information content (AvgIpc) is 3.24. The monoisotopic (exact) mass is 371 g/mol. The molecule has 0 saturated carbocycles. The maximum atomic E-state index is 13.0. The number of hydrogen-bond donors (Lipinski definition) is 3. The predicted octanol–water partition coefficient (Wildman–Crippen LogP) is 0.183. The molecule has 0 spiro atoms. The highest BCUT2D eigenvalue weighted by atomic mass is 16.3. The molecule has 0 radical (unpaired) electrons. The Labute approximate surface area is 157 Å². The summed E-state index contributed by atoms with van der Waals surface area (Å²) < 4.78 is 5.26. The van der Waals surface area contributed by atoms with Crippen molar-refractivity contribution in [3.05, 3.63) is 60.1 Å². The Bertz CT molecular complexity index is 821. The number of hydrogen-bond acceptors (Lipinski definition) is 4. The summed E-state index contributed by atoms with van der Waals surface area (Å²) in [6.45, 7) is 2.42. The molecule has 3 rings (SSSR count). The van der Waals surface area contributed by atoms with E-state index in [-0.39, 0.29) is 6.54 Å². The van der Waals surface area contributed by atoms with Gasteiger partial charge < -0.3 is 14.6 Å². The smallest absolute Gasteiger partial charge is 0.344 e. The number of benzene rings is 1. The lowest BCUT2D eigenvalue weighted by Gasteiger charge is -2.25. The van der Waals surface area contributed by atoms with Crippen LogP contribution >= 0.6 is 0 Å². The topological polar surface area (TPSA) is 96.1 Å². The maximum Gasteiger partial charge on any atom is 0.344 e. The third-order valence-electron chi connectivity index (χ3n) is 4.64. The molecular weight excluding hydrogens is 348 g/mol. The van der Waals surface area contributed by atoms with Gasteiger partial charge in [-0.05, 0) is 24.1 Å². The lowest BCUT2D eigenvalue weighted by atomic mass is 9.87. The summed E-state index contributed by atoms with van der Waals surface area (Å²) in [6, 6.07) is 12.0. The van der Waals surface area contributed by atoms with Gasteiger partial charge in [-0.1, -0.05) is 37.3 Å². The molecule has 4 amide bonds. The second-order valence-corrected chi connectivity index (χ2v) is 6.62. The summed E-state index contributed by atoms with van der Waals surface area (Å²) in [5, 5.41) is 3.51. The third-order valence-corrected chi connectivity index (χ3v) is 4.64. The molecule has 142 valence electrons. The maximum absolute atomic E-state index is 13.0. The van der Waals surface area contributed by atoms with Crippen molar-refractivity contribution < 1.29 is 23.7 Å². The number of amides is 4. The van der Waals surface area contributed by atoms with Crippen molar-refractivity contribution in [1.29, 1.82) is 0 Å². The molecule has 8 nitrogen and oxygen atoms in total. The summed E-state index contributed by atoms with van der Waals surface area (Å²) in [6.07, 6.45) is 1.95. The van der Waals surface area contributed by atoms with E-state index in [0.29, 0.717) is 18.5 Å². The number of nitrogens with zero attached hydrogens (tertiary/aromatic N) is 1. The van der Waals surface area contributed by atoms with Crippen LogP contribution in [-0.4, -0.2) is 36.4 Å². The molecule has 0 aliphatic carbocycles. The quantitative estimate of drug-likeness (QED) is 0.605. The largest absolute Gasteiger partial charge is 0.463 e. The number of quaternary nitrogens is 1. The number of nitrogens with one attached hydrogen (secondary N) is 3. The Kier molecular flexibility index (Phi) is 5.27. The first-order chi connectivity index (χ1) is 13.0. The predicted molar refractivity (Wildman–Crippen MR) is 96.1 cm³/mol.